The van der Waals surface area contributed by atoms with Gasteiger partial charge in [-0.05, 0) is 0 Å². The van der Waals surface area contributed by atoms with Crippen LogP contribution in [0.3, 0.4) is 0 Å². The average Bonchev–Trinajstić information content (AvgIpc) is 3.77. The molecule has 0 bridgehead atoms. The van der Waals surface area contributed by atoms with Gasteiger partial charge in [-0.1, -0.05) is 0 Å². The molecule has 6 rings (SSSR count). The number of halogens is 2. The fourth-order valence-corrected chi connectivity index (χ4v) is 42.4. The van der Waals surface area contributed by atoms with Gasteiger partial charge in [0.25, 0.3) is 0 Å². The third kappa shape index (κ3) is 8.66. The van der Waals surface area contributed by atoms with Crippen molar-refractivity contribution in [3.8, 4) is 22.3 Å². The van der Waals surface area contributed by atoms with Gasteiger partial charge in [0, 0.05) is 0 Å². The SMILES string of the molecule is CCCC1=Cc2c(ccc(CCC)c2-c2cc(C(C)C)cc(C(C)C)c2)[CH]1[Zr]([Cl])([Cl])([CH]1C(CCC)=Cc2c1ccc(CCC)c2-c1cc(C(C)C)cc(C(C)C)c1)[SiH](C)C. The first-order valence-electron chi connectivity index (χ1n) is 24.0. The average molecular weight is 940 g/mol. The van der Waals surface area contributed by atoms with E-state index in [-0.39, 0.29) is 7.25 Å². The van der Waals surface area contributed by atoms with Gasteiger partial charge in [0.1, 0.15) is 0 Å². The van der Waals surface area contributed by atoms with Crippen LogP contribution in [0.25, 0.3) is 34.4 Å². The molecule has 0 aliphatic heterocycles. The molecule has 4 heteroatoms. The van der Waals surface area contributed by atoms with Gasteiger partial charge < -0.3 is 0 Å². The topological polar surface area (TPSA) is 0 Å². The molecular formula is C56H77Cl2SiZr. The molecule has 4 aromatic rings. The van der Waals surface area contributed by atoms with Crippen molar-refractivity contribution >= 4 is 35.1 Å². The summed E-state index contributed by atoms with van der Waals surface area (Å²) in [5.74, 6) is 0.0953. The Labute approximate surface area is 375 Å². The molecule has 0 fully saturated rings. The molecule has 0 saturated carbocycles. The van der Waals surface area contributed by atoms with E-state index in [0.717, 1.165) is 51.4 Å². The maximum absolute atomic E-state index is 9.08. The van der Waals surface area contributed by atoms with Gasteiger partial charge in [0.2, 0.25) is 0 Å². The molecule has 2 aliphatic carbocycles. The molecule has 0 radical (unpaired) electrons. The van der Waals surface area contributed by atoms with E-state index in [0.29, 0.717) is 23.7 Å². The monoisotopic (exact) mass is 937 g/mol. The molecule has 0 nitrogen and oxygen atoms in total. The van der Waals surface area contributed by atoms with E-state index in [4.69, 9.17) is 17.0 Å². The van der Waals surface area contributed by atoms with Gasteiger partial charge >= 0.3 is 379 Å². The summed E-state index contributed by atoms with van der Waals surface area (Å²) in [5, 5.41) is 0. The fraction of sp³-hybridized carbons (Fsp3) is 0.500. The summed E-state index contributed by atoms with van der Waals surface area (Å²) < 4.78 is 0.186. The summed E-state index contributed by atoms with van der Waals surface area (Å²) in [7, 11) is 18.2. The van der Waals surface area contributed by atoms with Crippen LogP contribution in [-0.4, -0.2) is 5.92 Å². The molecule has 0 saturated heterocycles. The first-order chi connectivity index (χ1) is 28.4. The van der Waals surface area contributed by atoms with Crippen LogP contribution in [0, 0.1) is 0 Å². The van der Waals surface area contributed by atoms with Gasteiger partial charge in [-0.2, -0.15) is 0 Å². The number of allylic oxidation sites excluding steroid dienone is 2. The van der Waals surface area contributed by atoms with Crippen molar-refractivity contribution < 1.29 is 15.6 Å². The summed E-state index contributed by atoms with van der Waals surface area (Å²) in [6.45, 7) is 33.1. The maximum atomic E-state index is 9.08. The Morgan fingerprint density at radius 2 is 0.800 bits per heavy atom. The quantitative estimate of drug-likeness (QED) is 0.0926. The number of fused-ring (bicyclic) bond motifs is 2. The van der Waals surface area contributed by atoms with Crippen LogP contribution in [0.1, 0.15) is 208 Å². The van der Waals surface area contributed by atoms with Gasteiger partial charge in [-0.3, -0.25) is 0 Å². The summed E-state index contributed by atoms with van der Waals surface area (Å²) in [5.41, 5.74) is 22.9. The van der Waals surface area contributed by atoms with Crippen LogP contribution in [-0.2, 0) is 28.4 Å². The second-order valence-electron chi connectivity index (χ2n) is 20.3. The molecule has 0 N–H and O–H groups in total. The van der Waals surface area contributed by atoms with Crippen LogP contribution < -0.4 is 0 Å². The molecule has 0 aromatic heterocycles. The van der Waals surface area contributed by atoms with E-state index in [1.54, 1.807) is 0 Å². The Kier molecular flexibility index (Phi) is 15.1. The molecule has 2 aliphatic rings. The second kappa shape index (κ2) is 19.0. The number of benzene rings is 4. The molecule has 4 aromatic carbocycles. The van der Waals surface area contributed by atoms with Crippen LogP contribution in [0.15, 0.2) is 71.8 Å². The van der Waals surface area contributed by atoms with E-state index in [2.05, 4.69) is 169 Å². The van der Waals surface area contributed by atoms with Crippen molar-refractivity contribution in [2.75, 3.05) is 0 Å². The van der Waals surface area contributed by atoms with Crippen LogP contribution in [0.2, 0.25) is 13.1 Å². The van der Waals surface area contributed by atoms with Gasteiger partial charge in [-0.25, -0.2) is 0 Å². The van der Waals surface area contributed by atoms with Crippen molar-refractivity contribution in [2.24, 2.45) is 0 Å². The molecule has 0 heterocycles. The van der Waals surface area contributed by atoms with E-state index in [1.807, 2.05) is 0 Å². The molecule has 323 valence electrons. The number of aryl methyl sites for hydroxylation is 2. The van der Waals surface area contributed by atoms with Crippen molar-refractivity contribution in [1.29, 1.82) is 0 Å². The molecule has 60 heavy (non-hydrogen) atoms. The zero-order valence-corrected chi connectivity index (χ0v) is 45.0. The van der Waals surface area contributed by atoms with Crippen LogP contribution >= 0.6 is 17.0 Å². The summed E-state index contributed by atoms with van der Waals surface area (Å²) in [6.07, 6.45) is 13.8. The van der Waals surface area contributed by atoms with Crippen LogP contribution in [0.4, 0.5) is 0 Å². The van der Waals surface area contributed by atoms with E-state index < -0.39 is 21.5 Å². The Balaban J connectivity index is 1.67. The minimum atomic E-state index is -5.02. The number of hydrogen-bond acceptors (Lipinski definition) is 0. The Morgan fingerprint density at radius 1 is 0.483 bits per heavy atom. The molecular weight excluding hydrogens is 863 g/mol. The minimum absolute atomic E-state index is 0.0930. The van der Waals surface area contributed by atoms with Crippen molar-refractivity contribution in [3.05, 3.63) is 127 Å². The van der Waals surface area contributed by atoms with Gasteiger partial charge in [0.05, 0.1) is 0 Å². The van der Waals surface area contributed by atoms with E-state index >= 15 is 0 Å². The Bertz CT molecular complexity index is 2060. The first-order valence-corrected chi connectivity index (χ1v) is 40.3. The van der Waals surface area contributed by atoms with Crippen molar-refractivity contribution in [2.45, 2.75) is 178 Å². The summed E-state index contributed by atoms with van der Waals surface area (Å²) in [6, 6.07) is 24.8. The van der Waals surface area contributed by atoms with E-state index in [1.165, 1.54) is 89.0 Å². The predicted molar refractivity (Wildman–Crippen MR) is 270 cm³/mol. The normalized spacial score (nSPS) is 17.2. The fourth-order valence-electron chi connectivity index (χ4n) is 10.9. The van der Waals surface area contributed by atoms with Crippen LogP contribution in [0.5, 0.6) is 0 Å². The predicted octanol–water partition coefficient (Wildman–Crippen LogP) is 18.6. The van der Waals surface area contributed by atoms with Gasteiger partial charge in [0.15, 0.2) is 0 Å². The summed E-state index contributed by atoms with van der Waals surface area (Å²) in [4.78, 5) is 0. The number of rotatable bonds is 17. The Morgan fingerprint density at radius 3 is 1.07 bits per heavy atom. The zero-order chi connectivity index (χ0) is 43.9. The third-order valence-electron chi connectivity index (χ3n) is 14.3. The van der Waals surface area contributed by atoms with Crippen molar-refractivity contribution in [1.82, 2.24) is 0 Å². The Hall–Kier alpha value is -1.96. The molecule has 2 unspecified atom stereocenters. The van der Waals surface area contributed by atoms with E-state index in [9.17, 15) is 0 Å². The molecule has 0 amide bonds. The summed E-state index contributed by atoms with van der Waals surface area (Å²) >= 11 is -5.02. The van der Waals surface area contributed by atoms with Crippen molar-refractivity contribution in [3.63, 3.8) is 0 Å². The number of hydrogen-bond donors (Lipinski definition) is 0. The first kappa shape index (κ1) is 47.5. The molecule has 2 atom stereocenters. The van der Waals surface area contributed by atoms with Gasteiger partial charge in [-0.15, -0.1) is 0 Å². The standard InChI is InChI=1S/2C27H35.C2H7Si.2ClH.Zr/c2*1-7-9-20-13-22-12-11-21(10-8-2)27(26(22)14-20)25-16-23(18(3)4)15-24(17-25)19(5)6;1-3-2;;;/h2*11-19H,7-10H2,1-6H3;3H,1-2H3;2*1H;/q;;;;;+2/p-2. The zero-order valence-electron chi connectivity index (χ0n) is 39.9. The third-order valence-corrected chi connectivity index (χ3v) is 66.1. The molecule has 0 spiro atoms. The second-order valence-corrected chi connectivity index (χ2v) is 62.8.